The minimum atomic E-state index is 1.31. The summed E-state index contributed by atoms with van der Waals surface area (Å²) >= 11 is 0. The summed E-state index contributed by atoms with van der Waals surface area (Å²) in [4.78, 5) is 0. The first-order valence-corrected chi connectivity index (χ1v) is 31.1. The van der Waals surface area contributed by atoms with Gasteiger partial charge in [0.1, 0.15) is 0 Å². The summed E-state index contributed by atoms with van der Waals surface area (Å²) in [5.41, 5.74) is 4.14. The van der Waals surface area contributed by atoms with Crippen LogP contribution in [0.3, 0.4) is 0 Å². The van der Waals surface area contributed by atoms with Gasteiger partial charge in [-0.25, -0.2) is 0 Å². The fraction of sp³-hybridized carbons (Fsp3) is 0.103. The number of hydrogen-bond donors (Lipinski definition) is 0. The van der Waals surface area contributed by atoms with Gasteiger partial charge in [0.2, 0.25) is 0 Å². The molecule has 0 heterocycles. The van der Waals surface area contributed by atoms with Gasteiger partial charge >= 0.3 is 0 Å². The van der Waals surface area contributed by atoms with Crippen molar-refractivity contribution in [1.82, 2.24) is 0 Å². The van der Waals surface area contributed by atoms with E-state index in [-0.39, 0.29) is 0 Å². The molecular weight excluding hydrogens is 1040 g/mol. The molecule has 0 amide bonds. The minimum Gasteiger partial charge on any atom is -0.0683 e. The van der Waals surface area contributed by atoms with Crippen molar-refractivity contribution in [3.63, 3.8) is 0 Å². The highest BCUT2D eigenvalue weighted by molar-refractivity contribution is 6.23. The highest BCUT2D eigenvalue weighted by atomic mass is 14.1. The second-order valence-corrected chi connectivity index (χ2v) is 20.8. The molecule has 0 heteroatoms. The van der Waals surface area contributed by atoms with Crippen molar-refractivity contribution in [3.05, 3.63) is 338 Å². The van der Waals surface area contributed by atoms with Gasteiger partial charge in [0.05, 0.1) is 0 Å². The topological polar surface area (TPSA) is 0 Å². The van der Waals surface area contributed by atoms with Crippen LogP contribution in [0.15, 0.2) is 322 Å². The summed E-state index contributed by atoms with van der Waals surface area (Å²) in [5, 5.41) is 29.5. The average Bonchev–Trinajstić information content (AvgIpc) is 1.88. The minimum absolute atomic E-state index is 1.31. The molecule has 428 valence electrons. The van der Waals surface area contributed by atoms with Crippen molar-refractivity contribution in [2.24, 2.45) is 0 Å². The molecule has 0 atom stereocenters. The Labute approximate surface area is 516 Å². The molecule has 0 saturated carbocycles. The van der Waals surface area contributed by atoms with Crippen molar-refractivity contribution in [2.75, 3.05) is 0 Å². The van der Waals surface area contributed by atoms with Crippen molar-refractivity contribution in [3.8, 4) is 0 Å². The SMILES string of the molecule is CC.CC.CC.Cc1c2ccccc2cc2ccccc12.Cc1c2ccccc2cc2ccccc12.Cc1c2ccccc2cc2ccccc12.c1cc2ccc3cccc4ccc(c1)c2c34.c1ccc2cc3ccccc3cc2c1.c1ccccc1. The number of rotatable bonds is 0. The maximum atomic E-state index is 2.26. The third-order valence-corrected chi connectivity index (χ3v) is 15.8. The van der Waals surface area contributed by atoms with E-state index in [1.807, 2.05) is 77.9 Å². The van der Waals surface area contributed by atoms with Gasteiger partial charge < -0.3 is 0 Å². The van der Waals surface area contributed by atoms with E-state index in [0.29, 0.717) is 0 Å². The first kappa shape index (κ1) is 61.4. The van der Waals surface area contributed by atoms with Gasteiger partial charge in [0.15, 0.2) is 0 Å². The Morgan fingerprint density at radius 1 is 0.138 bits per heavy atom. The summed E-state index contributed by atoms with van der Waals surface area (Å²) in [6.45, 7) is 18.6. The van der Waals surface area contributed by atoms with Gasteiger partial charge in [-0.05, 0) is 186 Å². The highest BCUT2D eigenvalue weighted by Crippen LogP contribution is 2.35. The van der Waals surface area contributed by atoms with Gasteiger partial charge in [0, 0.05) is 0 Å². The average molecular weight is 1130 g/mol. The quantitative estimate of drug-likeness (QED) is 0.105. The second kappa shape index (κ2) is 30.6. The van der Waals surface area contributed by atoms with Gasteiger partial charge in [-0.1, -0.05) is 333 Å². The van der Waals surface area contributed by atoms with E-state index < -0.39 is 0 Å². The number of aryl methyl sites for hydroxylation is 3. The number of fused-ring (bicyclic) bond motifs is 8. The van der Waals surface area contributed by atoms with Crippen LogP contribution in [0.1, 0.15) is 58.2 Å². The molecule has 17 rings (SSSR count). The molecule has 0 fully saturated rings. The second-order valence-electron chi connectivity index (χ2n) is 20.8. The van der Waals surface area contributed by atoms with E-state index in [4.69, 9.17) is 0 Å². The van der Waals surface area contributed by atoms with E-state index in [1.54, 1.807) is 0 Å². The molecule has 87 heavy (non-hydrogen) atoms. The lowest BCUT2D eigenvalue weighted by molar-refractivity contribution is 1.50. The first-order valence-electron chi connectivity index (χ1n) is 31.1. The molecule has 0 spiro atoms. The molecule has 0 saturated heterocycles. The van der Waals surface area contributed by atoms with Crippen molar-refractivity contribution >= 4 is 118 Å². The van der Waals surface area contributed by atoms with E-state index in [9.17, 15) is 0 Å². The summed E-state index contributed by atoms with van der Waals surface area (Å²) in [6.07, 6.45) is 0. The molecule has 17 aromatic rings. The third-order valence-electron chi connectivity index (χ3n) is 15.8. The largest absolute Gasteiger partial charge is 0.0683 e. The fourth-order valence-corrected chi connectivity index (χ4v) is 11.7. The van der Waals surface area contributed by atoms with Crippen LogP contribution in [0, 0.1) is 20.8 Å². The standard InChI is InChI=1S/C16H10.3C15H12.C14H10.C6H6.3C2H6/c1-3-11-7-9-13-5-2-6-14-10-8-12(4-1)15(11)16(13)14;3*1-11-14-8-4-2-6-12(14)10-13-7-3-5-9-15(11)13;1-2-6-12-10-14-8-4-3-7-13(14)9-11(12)5-1;1-2-4-6-5-3-1;3*1-2/h1-10H;3*2-10H,1H3;1-10H;1-6H;3*1-2H3. The number of hydrogen-bond acceptors (Lipinski definition) is 0. The maximum Gasteiger partial charge on any atom is -0.00268 e. The fourth-order valence-electron chi connectivity index (χ4n) is 11.7. The van der Waals surface area contributed by atoms with Gasteiger partial charge in [0.25, 0.3) is 0 Å². The van der Waals surface area contributed by atoms with Gasteiger partial charge in [-0.2, -0.15) is 0 Å². The Bertz CT molecular complexity index is 4270. The first-order chi connectivity index (χ1) is 42.9. The molecule has 0 aromatic heterocycles. The predicted octanol–water partition coefficient (Wildman–Crippen LogP) is 26.2. The molecule has 0 N–H and O–H groups in total. The Hall–Kier alpha value is -10.1. The Balaban J connectivity index is 0.000000124. The molecule has 0 bridgehead atoms. The van der Waals surface area contributed by atoms with Gasteiger partial charge in [-0.15, -0.1) is 0 Å². The Morgan fingerprint density at radius 3 is 0.483 bits per heavy atom. The zero-order chi connectivity index (χ0) is 60.9. The number of benzene rings is 17. The van der Waals surface area contributed by atoms with Crippen LogP contribution in [0.2, 0.25) is 0 Å². The Morgan fingerprint density at radius 2 is 0.287 bits per heavy atom. The predicted molar refractivity (Wildman–Crippen MR) is 391 cm³/mol. The maximum absolute atomic E-state index is 2.26. The monoisotopic (exact) mass is 1120 g/mol. The molecule has 0 aliphatic rings. The van der Waals surface area contributed by atoms with Crippen molar-refractivity contribution < 1.29 is 0 Å². The molecule has 0 nitrogen and oxygen atoms in total. The highest BCUT2D eigenvalue weighted by Gasteiger charge is 2.08. The normalized spacial score (nSPS) is 10.4. The van der Waals surface area contributed by atoms with E-state index in [1.165, 1.54) is 135 Å². The van der Waals surface area contributed by atoms with E-state index in [0.717, 1.165) is 0 Å². The zero-order valence-electron chi connectivity index (χ0n) is 52.1. The van der Waals surface area contributed by atoms with Crippen LogP contribution in [0.4, 0.5) is 0 Å². The lowest BCUT2D eigenvalue weighted by Gasteiger charge is -2.09. The lowest BCUT2D eigenvalue weighted by Crippen LogP contribution is -1.82. The molecule has 0 aliphatic heterocycles. The molecule has 0 unspecified atom stereocenters. The zero-order valence-corrected chi connectivity index (χ0v) is 52.1. The molecule has 0 radical (unpaired) electrons. The molecule has 17 aromatic carbocycles. The summed E-state index contributed by atoms with van der Waals surface area (Å²) < 4.78 is 0. The van der Waals surface area contributed by atoms with Crippen LogP contribution in [0.25, 0.3) is 118 Å². The molecular formula is C87H80. The van der Waals surface area contributed by atoms with Gasteiger partial charge in [-0.3, -0.25) is 0 Å². The third kappa shape index (κ3) is 14.3. The summed E-state index contributed by atoms with van der Waals surface area (Å²) in [5.74, 6) is 0. The van der Waals surface area contributed by atoms with Crippen molar-refractivity contribution in [1.29, 1.82) is 0 Å². The van der Waals surface area contributed by atoms with Crippen LogP contribution >= 0.6 is 0 Å². The van der Waals surface area contributed by atoms with E-state index >= 15 is 0 Å². The smallest absolute Gasteiger partial charge is 0.00268 e. The van der Waals surface area contributed by atoms with Crippen LogP contribution < -0.4 is 0 Å². The lowest BCUT2D eigenvalue weighted by atomic mass is 9.95. The van der Waals surface area contributed by atoms with E-state index in [2.05, 4.69) is 306 Å². The van der Waals surface area contributed by atoms with Crippen molar-refractivity contribution in [2.45, 2.75) is 62.3 Å². The molecule has 0 aliphatic carbocycles. The van der Waals surface area contributed by atoms with Crippen LogP contribution in [-0.2, 0) is 0 Å². The summed E-state index contributed by atoms with van der Waals surface area (Å²) in [7, 11) is 0. The Kier molecular flexibility index (Phi) is 21.6. The summed E-state index contributed by atoms with van der Waals surface area (Å²) in [6, 6.07) is 113. The van der Waals surface area contributed by atoms with Crippen LogP contribution in [-0.4, -0.2) is 0 Å². The van der Waals surface area contributed by atoms with Crippen LogP contribution in [0.5, 0.6) is 0 Å².